The first kappa shape index (κ1) is 10.7. The Morgan fingerprint density at radius 3 is 3.00 bits per heavy atom. The van der Waals surface area contributed by atoms with E-state index in [2.05, 4.69) is 33.9 Å². The van der Waals surface area contributed by atoms with Crippen molar-refractivity contribution in [1.82, 2.24) is 15.0 Å². The van der Waals surface area contributed by atoms with E-state index < -0.39 is 0 Å². The fourth-order valence-corrected chi connectivity index (χ4v) is 2.55. The third kappa shape index (κ3) is 1.94. The topological polar surface area (TPSA) is 30.7 Å². The van der Waals surface area contributed by atoms with Crippen molar-refractivity contribution in [3.63, 3.8) is 0 Å². The summed E-state index contributed by atoms with van der Waals surface area (Å²) >= 11 is 7.70. The Balaban J connectivity index is 2.06. The summed E-state index contributed by atoms with van der Waals surface area (Å²) in [6, 6.07) is 8.34. The summed E-state index contributed by atoms with van der Waals surface area (Å²) in [5.41, 5.74) is 1.80. The monoisotopic (exact) mass is 263 g/mol. The van der Waals surface area contributed by atoms with E-state index in [1.165, 1.54) is 10.1 Å². The number of alkyl halides is 1. The molecule has 0 amide bonds. The van der Waals surface area contributed by atoms with Crippen molar-refractivity contribution in [2.45, 2.75) is 12.3 Å². The zero-order chi connectivity index (χ0) is 11.8. The van der Waals surface area contributed by atoms with E-state index in [1.54, 1.807) is 16.0 Å². The largest absolute Gasteiger partial charge is 0.220 e. The first-order valence-corrected chi connectivity index (χ1v) is 6.59. The third-order valence-electron chi connectivity index (χ3n) is 2.62. The van der Waals surface area contributed by atoms with Gasteiger partial charge in [-0.3, -0.25) is 0 Å². The number of aromatic nitrogens is 3. The van der Waals surface area contributed by atoms with Gasteiger partial charge in [-0.15, -0.1) is 28.0 Å². The molecule has 0 radical (unpaired) electrons. The van der Waals surface area contributed by atoms with Gasteiger partial charge in [-0.05, 0) is 42.0 Å². The third-order valence-corrected chi connectivity index (χ3v) is 3.74. The summed E-state index contributed by atoms with van der Waals surface area (Å²) in [5, 5.41) is 11.3. The minimum Gasteiger partial charge on any atom is -0.220 e. The second-order valence-corrected chi connectivity index (χ2v) is 5.45. The van der Waals surface area contributed by atoms with Crippen molar-refractivity contribution in [3.05, 3.63) is 41.5 Å². The van der Waals surface area contributed by atoms with Crippen LogP contribution in [0.2, 0.25) is 0 Å². The van der Waals surface area contributed by atoms with Crippen LogP contribution in [-0.2, 0) is 0 Å². The first-order valence-electron chi connectivity index (χ1n) is 5.28. The van der Waals surface area contributed by atoms with Gasteiger partial charge < -0.3 is 0 Å². The fourth-order valence-electron chi connectivity index (χ4n) is 1.68. The first-order chi connectivity index (χ1) is 8.24. The van der Waals surface area contributed by atoms with Gasteiger partial charge in [0, 0.05) is 4.70 Å². The van der Waals surface area contributed by atoms with Crippen LogP contribution in [0.5, 0.6) is 0 Å². The smallest absolute Gasteiger partial charge is 0.101 e. The van der Waals surface area contributed by atoms with Crippen molar-refractivity contribution >= 4 is 33.0 Å². The molecule has 1 aromatic carbocycles. The fraction of sp³-hybridized carbons (Fsp3) is 0.167. The Morgan fingerprint density at radius 1 is 1.35 bits per heavy atom. The number of nitrogens with zero attached hydrogens (tertiary/aromatic N) is 3. The zero-order valence-corrected chi connectivity index (χ0v) is 10.7. The van der Waals surface area contributed by atoms with Crippen LogP contribution in [-0.4, -0.2) is 15.0 Å². The predicted molar refractivity (Wildman–Crippen MR) is 71.0 cm³/mol. The van der Waals surface area contributed by atoms with Crippen LogP contribution in [0, 0.1) is 0 Å². The number of rotatable bonds is 2. The molecule has 0 saturated heterocycles. The van der Waals surface area contributed by atoms with Crippen molar-refractivity contribution in [2.24, 2.45) is 0 Å². The average molecular weight is 264 g/mol. The molecule has 0 fully saturated rings. The highest BCUT2D eigenvalue weighted by molar-refractivity contribution is 7.17. The Labute approximate surface area is 108 Å². The predicted octanol–water partition coefficient (Wildman–Crippen LogP) is 3.78. The molecule has 86 valence electrons. The van der Waals surface area contributed by atoms with Gasteiger partial charge in [0.25, 0.3) is 0 Å². The van der Waals surface area contributed by atoms with Crippen LogP contribution in [0.25, 0.3) is 15.8 Å². The molecule has 2 aromatic heterocycles. The maximum Gasteiger partial charge on any atom is 0.101 e. The van der Waals surface area contributed by atoms with Crippen molar-refractivity contribution in [3.8, 4) is 5.69 Å². The Morgan fingerprint density at radius 2 is 2.24 bits per heavy atom. The summed E-state index contributed by atoms with van der Waals surface area (Å²) in [5.74, 6) is 0. The Kier molecular flexibility index (Phi) is 2.61. The van der Waals surface area contributed by atoms with Crippen LogP contribution in [0.4, 0.5) is 0 Å². The Bertz CT molecular complexity index is 656. The summed E-state index contributed by atoms with van der Waals surface area (Å²) in [6.07, 6.45) is 1.87. The lowest BCUT2D eigenvalue weighted by Gasteiger charge is -1.99. The Hall–Kier alpha value is -1.39. The van der Waals surface area contributed by atoms with E-state index in [0.717, 1.165) is 11.4 Å². The molecule has 0 N–H and O–H groups in total. The van der Waals surface area contributed by atoms with Gasteiger partial charge in [-0.25, -0.2) is 4.68 Å². The van der Waals surface area contributed by atoms with Gasteiger partial charge in [-0.2, -0.15) is 0 Å². The van der Waals surface area contributed by atoms with Gasteiger partial charge in [-0.1, -0.05) is 5.21 Å². The minimum absolute atomic E-state index is 0.117. The van der Waals surface area contributed by atoms with E-state index in [1.807, 2.05) is 19.2 Å². The molecular formula is C12H10ClN3S. The standard InChI is InChI=1S/C12H10ClN3S/c1-8(13)11-7-16(15-14-11)10-2-3-12-9(6-10)4-5-17-12/h2-8H,1H3. The summed E-state index contributed by atoms with van der Waals surface area (Å²) in [4.78, 5) is 0. The summed E-state index contributed by atoms with van der Waals surface area (Å²) in [7, 11) is 0. The van der Waals surface area contributed by atoms with Crippen molar-refractivity contribution in [2.75, 3.05) is 0 Å². The molecule has 0 aliphatic heterocycles. The molecule has 3 rings (SSSR count). The quantitative estimate of drug-likeness (QED) is 0.659. The van der Waals surface area contributed by atoms with Crippen molar-refractivity contribution in [1.29, 1.82) is 0 Å². The summed E-state index contributed by atoms with van der Waals surface area (Å²) < 4.78 is 3.03. The minimum atomic E-state index is -0.117. The number of halogens is 1. The van der Waals surface area contributed by atoms with Crippen LogP contribution < -0.4 is 0 Å². The molecule has 17 heavy (non-hydrogen) atoms. The van der Waals surface area contributed by atoms with Gasteiger partial charge in [0.15, 0.2) is 0 Å². The molecule has 1 unspecified atom stereocenters. The highest BCUT2D eigenvalue weighted by Gasteiger charge is 2.08. The number of fused-ring (bicyclic) bond motifs is 1. The molecule has 0 aliphatic rings. The van der Waals surface area contributed by atoms with Gasteiger partial charge >= 0.3 is 0 Å². The van der Waals surface area contributed by atoms with Gasteiger partial charge in [0.2, 0.25) is 0 Å². The normalized spacial score (nSPS) is 13.1. The number of benzene rings is 1. The molecule has 0 saturated carbocycles. The second-order valence-electron chi connectivity index (χ2n) is 3.85. The van der Waals surface area contributed by atoms with Gasteiger partial charge in [0.1, 0.15) is 5.69 Å². The SMILES string of the molecule is CC(Cl)c1cn(-c2ccc3sccc3c2)nn1. The van der Waals surface area contributed by atoms with E-state index in [0.29, 0.717) is 0 Å². The van der Waals surface area contributed by atoms with E-state index in [-0.39, 0.29) is 5.38 Å². The number of thiophene rings is 1. The molecule has 3 aromatic rings. The van der Waals surface area contributed by atoms with E-state index in [4.69, 9.17) is 11.6 Å². The molecular weight excluding hydrogens is 254 g/mol. The van der Waals surface area contributed by atoms with Gasteiger partial charge in [0.05, 0.1) is 17.3 Å². The highest BCUT2D eigenvalue weighted by Crippen LogP contribution is 2.24. The van der Waals surface area contributed by atoms with Crippen LogP contribution >= 0.6 is 22.9 Å². The molecule has 5 heteroatoms. The maximum absolute atomic E-state index is 5.97. The molecule has 0 bridgehead atoms. The average Bonchev–Trinajstić information content (AvgIpc) is 2.97. The summed E-state index contributed by atoms with van der Waals surface area (Å²) in [6.45, 7) is 1.89. The lowest BCUT2D eigenvalue weighted by atomic mass is 10.2. The van der Waals surface area contributed by atoms with Crippen LogP contribution in [0.3, 0.4) is 0 Å². The molecule has 1 atom stereocenters. The van der Waals surface area contributed by atoms with Crippen LogP contribution in [0.15, 0.2) is 35.8 Å². The molecule has 3 nitrogen and oxygen atoms in total. The molecule has 0 spiro atoms. The number of hydrogen-bond acceptors (Lipinski definition) is 3. The van der Waals surface area contributed by atoms with Crippen molar-refractivity contribution < 1.29 is 0 Å². The van der Waals surface area contributed by atoms with E-state index in [9.17, 15) is 0 Å². The number of hydrogen-bond donors (Lipinski definition) is 0. The zero-order valence-electron chi connectivity index (χ0n) is 9.17. The molecule has 2 heterocycles. The lowest BCUT2D eigenvalue weighted by Crippen LogP contribution is -1.93. The molecule has 0 aliphatic carbocycles. The van der Waals surface area contributed by atoms with E-state index >= 15 is 0 Å². The second kappa shape index (κ2) is 4.13. The maximum atomic E-state index is 5.97. The lowest BCUT2D eigenvalue weighted by molar-refractivity contribution is 0.797. The highest BCUT2D eigenvalue weighted by atomic mass is 35.5. The van der Waals surface area contributed by atoms with Crippen LogP contribution in [0.1, 0.15) is 18.0 Å².